The molecule has 1 aromatic heterocycles. The number of anilines is 1. The maximum absolute atomic E-state index is 12.3. The molecule has 0 unspecified atom stereocenters. The van der Waals surface area contributed by atoms with Crippen LogP contribution in [-0.2, 0) is 16.6 Å². The minimum Gasteiger partial charge on any atom is -0.341 e. The minimum absolute atomic E-state index is 0.0290. The van der Waals surface area contributed by atoms with E-state index in [2.05, 4.69) is 41.6 Å². The second-order valence-corrected chi connectivity index (χ2v) is 7.93. The number of hydrogen-bond acceptors (Lipinski definition) is 5. The monoisotopic (exact) mass is 360 g/mol. The van der Waals surface area contributed by atoms with Crippen LogP contribution in [0.5, 0.6) is 0 Å². The first-order valence-electron chi connectivity index (χ1n) is 8.25. The van der Waals surface area contributed by atoms with Crippen molar-refractivity contribution in [2.45, 2.75) is 52.5 Å². The lowest BCUT2D eigenvalue weighted by Crippen LogP contribution is -2.41. The van der Waals surface area contributed by atoms with Crippen LogP contribution >= 0.6 is 11.3 Å². The minimum atomic E-state index is -0.677. The number of hydrogen-bond donors (Lipinski definition) is 2. The molecule has 0 saturated carbocycles. The van der Waals surface area contributed by atoms with Crippen LogP contribution in [0.25, 0.3) is 0 Å². The van der Waals surface area contributed by atoms with E-state index < -0.39 is 6.04 Å². The molecule has 1 atom stereocenters. The van der Waals surface area contributed by atoms with Crippen LogP contribution in [0.2, 0.25) is 0 Å². The zero-order valence-corrected chi connectivity index (χ0v) is 16.0. The largest absolute Gasteiger partial charge is 0.341 e. The molecular weight excluding hydrogens is 336 g/mol. The van der Waals surface area contributed by atoms with Crippen molar-refractivity contribution in [3.05, 3.63) is 40.4 Å². The van der Waals surface area contributed by atoms with E-state index >= 15 is 0 Å². The smallest absolute Gasteiger partial charge is 0.251 e. The van der Waals surface area contributed by atoms with Gasteiger partial charge in [0, 0.05) is 5.56 Å². The average Bonchev–Trinajstić information content (AvgIpc) is 3.01. The van der Waals surface area contributed by atoms with E-state index in [4.69, 9.17) is 0 Å². The van der Waals surface area contributed by atoms with Gasteiger partial charge in [0.25, 0.3) is 5.91 Å². The number of aromatic nitrogens is 2. The lowest BCUT2D eigenvalue weighted by molar-refractivity contribution is -0.117. The van der Waals surface area contributed by atoms with Crippen molar-refractivity contribution in [2.24, 2.45) is 0 Å². The fourth-order valence-corrected chi connectivity index (χ4v) is 2.81. The Bertz CT molecular complexity index is 747. The Morgan fingerprint density at radius 3 is 2.32 bits per heavy atom. The highest BCUT2D eigenvalue weighted by atomic mass is 32.1. The van der Waals surface area contributed by atoms with Gasteiger partial charge in [-0.05, 0) is 36.5 Å². The molecule has 134 valence electrons. The fourth-order valence-electron chi connectivity index (χ4n) is 2.13. The molecule has 0 radical (unpaired) electrons. The van der Waals surface area contributed by atoms with Crippen LogP contribution in [0.4, 0.5) is 5.13 Å². The third-order valence-corrected chi connectivity index (χ3v) is 4.74. The van der Waals surface area contributed by atoms with Gasteiger partial charge in [0.15, 0.2) is 0 Å². The SMILES string of the molecule is CCc1nnc(NC(=O)[C@H](C)NC(=O)c2ccc(C(C)(C)C)cc2)s1. The molecule has 6 nitrogen and oxygen atoms in total. The molecule has 1 aromatic carbocycles. The van der Waals surface area contributed by atoms with E-state index in [1.807, 2.05) is 19.1 Å². The van der Waals surface area contributed by atoms with Gasteiger partial charge in [-0.2, -0.15) is 0 Å². The van der Waals surface area contributed by atoms with Crippen molar-refractivity contribution in [3.8, 4) is 0 Å². The van der Waals surface area contributed by atoms with E-state index in [0.29, 0.717) is 10.7 Å². The van der Waals surface area contributed by atoms with E-state index in [0.717, 1.165) is 17.0 Å². The summed E-state index contributed by atoms with van der Waals surface area (Å²) < 4.78 is 0. The number of benzene rings is 1. The molecule has 0 fully saturated rings. The Morgan fingerprint density at radius 2 is 1.80 bits per heavy atom. The molecule has 1 heterocycles. The van der Waals surface area contributed by atoms with Gasteiger partial charge in [-0.25, -0.2) is 0 Å². The lowest BCUT2D eigenvalue weighted by atomic mass is 9.86. The summed E-state index contributed by atoms with van der Waals surface area (Å²) in [7, 11) is 0. The van der Waals surface area contributed by atoms with Crippen molar-refractivity contribution in [2.75, 3.05) is 5.32 Å². The van der Waals surface area contributed by atoms with Crippen LogP contribution in [0.15, 0.2) is 24.3 Å². The molecule has 2 N–H and O–H groups in total. The second-order valence-electron chi connectivity index (χ2n) is 6.87. The molecule has 0 spiro atoms. The first kappa shape index (κ1) is 19.1. The van der Waals surface area contributed by atoms with Crippen molar-refractivity contribution in [3.63, 3.8) is 0 Å². The Hall–Kier alpha value is -2.28. The van der Waals surface area contributed by atoms with Crippen molar-refractivity contribution in [1.29, 1.82) is 0 Å². The topological polar surface area (TPSA) is 84.0 Å². The Balaban J connectivity index is 1.95. The molecule has 7 heteroatoms. The summed E-state index contributed by atoms with van der Waals surface area (Å²) in [5.74, 6) is -0.604. The molecule has 0 bridgehead atoms. The molecule has 2 rings (SSSR count). The summed E-state index contributed by atoms with van der Waals surface area (Å²) in [5, 5.41) is 14.5. The van der Waals surface area contributed by atoms with E-state index in [1.54, 1.807) is 19.1 Å². The van der Waals surface area contributed by atoms with Crippen LogP contribution < -0.4 is 10.6 Å². The fraction of sp³-hybridized carbons (Fsp3) is 0.444. The summed E-state index contributed by atoms with van der Waals surface area (Å²) in [6.45, 7) is 9.96. The number of nitrogens with zero attached hydrogens (tertiary/aromatic N) is 2. The Kier molecular flexibility index (Phi) is 5.89. The van der Waals surface area contributed by atoms with Gasteiger partial charge in [-0.3, -0.25) is 14.9 Å². The van der Waals surface area contributed by atoms with Gasteiger partial charge < -0.3 is 5.32 Å². The van der Waals surface area contributed by atoms with Crippen molar-refractivity contribution < 1.29 is 9.59 Å². The molecule has 0 saturated heterocycles. The molecule has 0 aliphatic carbocycles. The predicted octanol–water partition coefficient (Wildman–Crippen LogP) is 3.16. The summed E-state index contributed by atoms with van der Waals surface area (Å²) >= 11 is 1.33. The first-order chi connectivity index (χ1) is 11.7. The molecule has 25 heavy (non-hydrogen) atoms. The maximum Gasteiger partial charge on any atom is 0.251 e. The third kappa shape index (κ3) is 5.09. The van der Waals surface area contributed by atoms with Crippen LogP contribution in [0, 0.1) is 0 Å². The van der Waals surface area contributed by atoms with Gasteiger partial charge in [0.05, 0.1) is 0 Å². The Morgan fingerprint density at radius 1 is 1.16 bits per heavy atom. The van der Waals surface area contributed by atoms with Crippen LogP contribution in [0.3, 0.4) is 0 Å². The number of aryl methyl sites for hydroxylation is 1. The average molecular weight is 360 g/mol. The van der Waals surface area contributed by atoms with Crippen LogP contribution in [-0.4, -0.2) is 28.1 Å². The summed E-state index contributed by atoms with van der Waals surface area (Å²) in [5.41, 5.74) is 1.70. The molecule has 2 aromatic rings. The molecular formula is C18H24N4O2S. The number of nitrogens with one attached hydrogen (secondary N) is 2. The standard InChI is InChI=1S/C18H24N4O2S/c1-6-14-21-22-17(25-14)20-15(23)11(2)19-16(24)12-7-9-13(10-8-12)18(3,4)5/h7-11H,6H2,1-5H3,(H,19,24)(H,20,22,23)/t11-/m0/s1. The van der Waals surface area contributed by atoms with Crippen LogP contribution in [0.1, 0.15) is 55.5 Å². The quantitative estimate of drug-likeness (QED) is 0.858. The predicted molar refractivity (Wildman–Crippen MR) is 100.0 cm³/mol. The summed E-state index contributed by atoms with van der Waals surface area (Å²) in [4.78, 5) is 24.5. The third-order valence-electron chi connectivity index (χ3n) is 3.75. The lowest BCUT2D eigenvalue weighted by Gasteiger charge is -2.19. The van der Waals surface area contributed by atoms with Gasteiger partial charge in [0.1, 0.15) is 11.0 Å². The number of carbonyl (C=O) groups is 2. The van der Waals surface area contributed by atoms with E-state index in [-0.39, 0.29) is 17.2 Å². The van der Waals surface area contributed by atoms with Gasteiger partial charge in [-0.1, -0.05) is 51.2 Å². The molecule has 0 aliphatic heterocycles. The number of amides is 2. The highest BCUT2D eigenvalue weighted by Gasteiger charge is 2.19. The highest BCUT2D eigenvalue weighted by Crippen LogP contribution is 2.22. The normalized spacial score (nSPS) is 12.5. The van der Waals surface area contributed by atoms with Gasteiger partial charge in [-0.15, -0.1) is 10.2 Å². The molecule has 0 aliphatic rings. The number of rotatable bonds is 5. The van der Waals surface area contributed by atoms with E-state index in [1.165, 1.54) is 11.3 Å². The summed E-state index contributed by atoms with van der Waals surface area (Å²) in [6, 6.07) is 6.75. The first-order valence-corrected chi connectivity index (χ1v) is 9.07. The van der Waals surface area contributed by atoms with Crippen molar-refractivity contribution in [1.82, 2.24) is 15.5 Å². The summed E-state index contributed by atoms with van der Waals surface area (Å²) in [6.07, 6.45) is 0.768. The second kappa shape index (κ2) is 7.74. The van der Waals surface area contributed by atoms with Crippen molar-refractivity contribution >= 4 is 28.3 Å². The Labute approximate surface area is 152 Å². The zero-order valence-electron chi connectivity index (χ0n) is 15.2. The van der Waals surface area contributed by atoms with Gasteiger partial charge in [0.2, 0.25) is 11.0 Å². The van der Waals surface area contributed by atoms with E-state index in [9.17, 15) is 9.59 Å². The zero-order chi connectivity index (χ0) is 18.6. The number of carbonyl (C=O) groups excluding carboxylic acids is 2. The maximum atomic E-state index is 12.3. The molecule has 2 amide bonds. The highest BCUT2D eigenvalue weighted by molar-refractivity contribution is 7.15. The van der Waals surface area contributed by atoms with Gasteiger partial charge >= 0.3 is 0 Å².